The van der Waals surface area contributed by atoms with Crippen molar-refractivity contribution in [2.24, 2.45) is 0 Å². The van der Waals surface area contributed by atoms with Gasteiger partial charge in [0.25, 0.3) is 0 Å². The van der Waals surface area contributed by atoms with Crippen molar-refractivity contribution in [1.82, 2.24) is 24.5 Å². The maximum absolute atomic E-state index is 13.5. The summed E-state index contributed by atoms with van der Waals surface area (Å²) in [6.45, 7) is 2.26. The molecule has 5 rings (SSSR count). The van der Waals surface area contributed by atoms with Crippen LogP contribution in [0, 0.1) is 5.82 Å². The fourth-order valence-corrected chi connectivity index (χ4v) is 4.16. The Bertz CT molecular complexity index is 1260. The van der Waals surface area contributed by atoms with Gasteiger partial charge in [0.1, 0.15) is 17.3 Å². The quantitative estimate of drug-likeness (QED) is 0.397. The lowest BCUT2D eigenvalue weighted by Gasteiger charge is -2.35. The molecule has 176 valence electrons. The number of rotatable bonds is 5. The van der Waals surface area contributed by atoms with Crippen LogP contribution >= 0.6 is 0 Å². The lowest BCUT2D eigenvalue weighted by atomic mass is 10.1. The summed E-state index contributed by atoms with van der Waals surface area (Å²) in [6, 6.07) is 13.6. The number of aromatic nitrogens is 4. The van der Waals surface area contributed by atoms with Gasteiger partial charge in [-0.15, -0.1) is 5.10 Å². The van der Waals surface area contributed by atoms with Gasteiger partial charge >= 0.3 is 6.18 Å². The van der Waals surface area contributed by atoms with E-state index in [0.29, 0.717) is 37.5 Å². The van der Waals surface area contributed by atoms with Crippen molar-refractivity contribution in [3.63, 3.8) is 0 Å². The molecule has 0 bridgehead atoms. The highest BCUT2D eigenvalue weighted by Gasteiger charge is 2.29. The number of halogens is 4. The van der Waals surface area contributed by atoms with Gasteiger partial charge in [0, 0.05) is 56.2 Å². The lowest BCUT2D eigenvalue weighted by Crippen LogP contribution is -2.47. The molecule has 0 atom stereocenters. The first kappa shape index (κ1) is 22.3. The van der Waals surface area contributed by atoms with Crippen molar-refractivity contribution in [2.45, 2.75) is 12.6 Å². The van der Waals surface area contributed by atoms with E-state index in [1.54, 1.807) is 29.0 Å². The Balaban J connectivity index is 1.47. The molecule has 0 unspecified atom stereocenters. The number of nitrogens with zero attached hydrogens (tertiary/aromatic N) is 6. The van der Waals surface area contributed by atoms with Crippen LogP contribution in [0.2, 0.25) is 0 Å². The third kappa shape index (κ3) is 4.72. The number of anilines is 1. The molecule has 0 aliphatic carbocycles. The molecule has 0 N–H and O–H groups in total. The summed E-state index contributed by atoms with van der Waals surface area (Å²) in [5.41, 5.74) is 3.70. The van der Waals surface area contributed by atoms with Crippen LogP contribution in [-0.2, 0) is 0 Å². The third-order valence-electron chi connectivity index (χ3n) is 5.94. The van der Waals surface area contributed by atoms with Gasteiger partial charge in [-0.25, -0.2) is 13.9 Å². The van der Waals surface area contributed by atoms with Crippen LogP contribution in [0.5, 0.6) is 0 Å². The van der Waals surface area contributed by atoms with Crippen LogP contribution in [0.4, 0.5) is 23.4 Å². The van der Waals surface area contributed by atoms with Gasteiger partial charge in [0.15, 0.2) is 5.65 Å². The fourth-order valence-electron chi connectivity index (χ4n) is 4.16. The Morgan fingerprint density at radius 1 is 0.824 bits per heavy atom. The minimum absolute atomic E-state index is 0.0124. The molecule has 1 aliphatic heterocycles. The summed E-state index contributed by atoms with van der Waals surface area (Å²) in [6.07, 6.45) is -1.56. The van der Waals surface area contributed by atoms with E-state index in [0.717, 1.165) is 22.6 Å². The van der Waals surface area contributed by atoms with E-state index in [2.05, 4.69) is 9.88 Å². The van der Waals surface area contributed by atoms with Gasteiger partial charge in [-0.05, 0) is 48.5 Å². The van der Waals surface area contributed by atoms with Crippen molar-refractivity contribution in [3.05, 3.63) is 66.7 Å². The van der Waals surface area contributed by atoms with Crippen molar-refractivity contribution in [2.75, 3.05) is 37.6 Å². The molecule has 10 heteroatoms. The standard InChI is InChI=1S/C24H22F4N6/c25-19-3-1-17(2-4-19)22-23(18-7-10-29-11-8-18)34-20(30-22)5-6-21(31-34)33-15-13-32(14-16-33)12-9-24(26,27)28/h1-8,10-11H,9,12-16H2. The van der Waals surface area contributed by atoms with E-state index in [9.17, 15) is 17.6 Å². The maximum Gasteiger partial charge on any atom is 0.390 e. The van der Waals surface area contributed by atoms with Crippen LogP contribution in [0.1, 0.15) is 6.42 Å². The van der Waals surface area contributed by atoms with Crippen molar-refractivity contribution >= 4 is 11.5 Å². The van der Waals surface area contributed by atoms with Crippen LogP contribution in [0.15, 0.2) is 60.9 Å². The first-order valence-electron chi connectivity index (χ1n) is 11.0. The van der Waals surface area contributed by atoms with Crippen LogP contribution < -0.4 is 4.90 Å². The second kappa shape index (κ2) is 9.02. The number of piperazine rings is 1. The van der Waals surface area contributed by atoms with Crippen molar-refractivity contribution in [3.8, 4) is 22.5 Å². The molecule has 1 aromatic carbocycles. The zero-order valence-electron chi connectivity index (χ0n) is 18.2. The number of hydrogen-bond donors (Lipinski definition) is 0. The molecule has 0 saturated carbocycles. The zero-order chi connectivity index (χ0) is 23.7. The van der Waals surface area contributed by atoms with E-state index < -0.39 is 12.6 Å². The molecule has 1 saturated heterocycles. The molecule has 34 heavy (non-hydrogen) atoms. The van der Waals surface area contributed by atoms with E-state index >= 15 is 0 Å². The first-order valence-corrected chi connectivity index (χ1v) is 11.0. The number of fused-ring (bicyclic) bond motifs is 1. The van der Waals surface area contributed by atoms with E-state index in [-0.39, 0.29) is 12.4 Å². The van der Waals surface area contributed by atoms with Gasteiger partial charge in [0.2, 0.25) is 0 Å². The second-order valence-electron chi connectivity index (χ2n) is 8.21. The number of imidazole rings is 1. The molecule has 1 aliphatic rings. The highest BCUT2D eigenvalue weighted by atomic mass is 19.4. The predicted molar refractivity (Wildman–Crippen MR) is 121 cm³/mol. The molecule has 0 radical (unpaired) electrons. The number of hydrogen-bond acceptors (Lipinski definition) is 5. The molecular weight excluding hydrogens is 448 g/mol. The molecule has 0 spiro atoms. The average Bonchev–Trinajstić information content (AvgIpc) is 3.22. The van der Waals surface area contributed by atoms with E-state index in [1.807, 2.05) is 29.2 Å². The maximum atomic E-state index is 13.5. The molecular formula is C24H22F4N6. The SMILES string of the molecule is Fc1ccc(-c2nc3ccc(N4CCN(CCC(F)(F)F)CC4)nn3c2-c2ccncc2)cc1. The van der Waals surface area contributed by atoms with Gasteiger partial charge in [-0.1, -0.05) is 0 Å². The minimum atomic E-state index is -4.14. The average molecular weight is 470 g/mol. The number of pyridine rings is 1. The van der Waals surface area contributed by atoms with E-state index in [1.165, 1.54) is 12.1 Å². The van der Waals surface area contributed by atoms with E-state index in [4.69, 9.17) is 10.1 Å². The number of alkyl halides is 3. The van der Waals surface area contributed by atoms with Crippen LogP contribution in [0.3, 0.4) is 0 Å². The molecule has 0 amide bonds. The Morgan fingerprint density at radius 3 is 2.21 bits per heavy atom. The van der Waals surface area contributed by atoms with Gasteiger partial charge in [-0.2, -0.15) is 13.2 Å². The lowest BCUT2D eigenvalue weighted by molar-refractivity contribution is -0.138. The van der Waals surface area contributed by atoms with Gasteiger partial charge in [0.05, 0.1) is 12.1 Å². The summed E-state index contributed by atoms with van der Waals surface area (Å²) in [5, 5.41) is 4.84. The van der Waals surface area contributed by atoms with Gasteiger partial charge < -0.3 is 4.90 Å². The Labute approximate surface area is 193 Å². The Hall–Kier alpha value is -3.53. The van der Waals surface area contributed by atoms with Crippen LogP contribution in [-0.4, -0.2) is 63.4 Å². The highest BCUT2D eigenvalue weighted by Crippen LogP contribution is 2.33. The van der Waals surface area contributed by atoms with Gasteiger partial charge in [-0.3, -0.25) is 9.88 Å². The topological polar surface area (TPSA) is 49.6 Å². The molecule has 1 fully saturated rings. The van der Waals surface area contributed by atoms with Crippen molar-refractivity contribution in [1.29, 1.82) is 0 Å². The Kier molecular flexibility index (Phi) is 5.91. The molecule has 4 aromatic rings. The second-order valence-corrected chi connectivity index (χ2v) is 8.21. The molecule has 4 heterocycles. The summed E-state index contributed by atoms with van der Waals surface area (Å²) >= 11 is 0. The van der Waals surface area contributed by atoms with Crippen molar-refractivity contribution < 1.29 is 17.6 Å². The Morgan fingerprint density at radius 2 is 1.53 bits per heavy atom. The third-order valence-corrected chi connectivity index (χ3v) is 5.94. The highest BCUT2D eigenvalue weighted by molar-refractivity contribution is 5.81. The zero-order valence-corrected chi connectivity index (χ0v) is 18.2. The van der Waals surface area contributed by atoms with Crippen LogP contribution in [0.25, 0.3) is 28.2 Å². The fraction of sp³-hybridized carbons (Fsp3) is 0.292. The summed E-state index contributed by atoms with van der Waals surface area (Å²) in [7, 11) is 0. The summed E-state index contributed by atoms with van der Waals surface area (Å²) < 4.78 is 52.9. The normalized spacial score (nSPS) is 15.2. The largest absolute Gasteiger partial charge is 0.390 e. The monoisotopic (exact) mass is 470 g/mol. The minimum Gasteiger partial charge on any atom is -0.353 e. The smallest absolute Gasteiger partial charge is 0.353 e. The molecule has 6 nitrogen and oxygen atoms in total. The summed E-state index contributed by atoms with van der Waals surface area (Å²) in [4.78, 5) is 12.7. The molecule has 3 aromatic heterocycles. The first-order chi connectivity index (χ1) is 16.4. The number of benzene rings is 1. The predicted octanol–water partition coefficient (Wildman–Crippen LogP) is 4.67. The summed E-state index contributed by atoms with van der Waals surface area (Å²) in [5.74, 6) is 0.397.